The van der Waals surface area contributed by atoms with Crippen LogP contribution >= 0.6 is 0 Å². The van der Waals surface area contributed by atoms with E-state index in [2.05, 4.69) is 30.1 Å². The number of aromatic nitrogens is 1. The van der Waals surface area contributed by atoms with Crippen LogP contribution in [-0.2, 0) is 12.8 Å². The highest BCUT2D eigenvalue weighted by Crippen LogP contribution is 2.89. The second-order valence-electron chi connectivity index (χ2n) is 7.82. The summed E-state index contributed by atoms with van der Waals surface area (Å²) in [5, 5.41) is 0. The molecule has 23 heavy (non-hydrogen) atoms. The fourth-order valence-corrected chi connectivity index (χ4v) is 4.23. The molecule has 0 unspecified atom stereocenters. The topological polar surface area (TPSA) is 12.9 Å². The molecule has 1 aromatic heterocycles. The molecule has 2 saturated carbocycles. The van der Waals surface area contributed by atoms with Gasteiger partial charge in [-0.05, 0) is 92.0 Å². The van der Waals surface area contributed by atoms with E-state index in [1.165, 1.54) is 36.9 Å². The van der Waals surface area contributed by atoms with Crippen LogP contribution in [0.3, 0.4) is 0 Å². The van der Waals surface area contributed by atoms with Gasteiger partial charge < -0.3 is 0 Å². The number of hydrogen-bond acceptors (Lipinski definition) is 1. The number of benzene rings is 1. The predicted octanol–water partition coefficient (Wildman–Crippen LogP) is 5.18. The summed E-state index contributed by atoms with van der Waals surface area (Å²) in [7, 11) is 0. The molecule has 0 atom stereocenters. The molecule has 1 heterocycles. The average Bonchev–Trinajstić information content (AvgIpc) is 3.34. The molecule has 1 nitrogen and oxygen atoms in total. The molecule has 0 spiro atoms. The fraction of sp³-hybridized carbons (Fsp3) is 0.476. The van der Waals surface area contributed by atoms with Crippen LogP contribution in [0, 0.1) is 30.5 Å². The van der Waals surface area contributed by atoms with E-state index in [9.17, 15) is 4.39 Å². The number of halogens is 1. The van der Waals surface area contributed by atoms with E-state index in [1.807, 2.05) is 19.2 Å². The van der Waals surface area contributed by atoms with Gasteiger partial charge in [-0.25, -0.2) is 4.39 Å². The highest BCUT2D eigenvalue weighted by atomic mass is 19.1. The summed E-state index contributed by atoms with van der Waals surface area (Å²) < 4.78 is 13.6. The molecule has 2 aliphatic carbocycles. The van der Waals surface area contributed by atoms with Crippen molar-refractivity contribution >= 4 is 0 Å². The van der Waals surface area contributed by atoms with Gasteiger partial charge in [-0.1, -0.05) is 18.2 Å². The SMILES string of the molecule is Cc1ccc(CCC23CC2(CCc2ccc(C)c(F)c2)C3)nc1. The van der Waals surface area contributed by atoms with Crippen molar-refractivity contribution in [3.05, 3.63) is 64.7 Å². The molecular formula is C21H24FN. The number of pyridine rings is 1. The molecule has 0 amide bonds. The molecule has 1 aromatic carbocycles. The van der Waals surface area contributed by atoms with Gasteiger partial charge in [-0.2, -0.15) is 0 Å². The fourth-order valence-electron chi connectivity index (χ4n) is 4.23. The zero-order valence-corrected chi connectivity index (χ0v) is 14.0. The summed E-state index contributed by atoms with van der Waals surface area (Å²) in [6.45, 7) is 3.90. The zero-order chi connectivity index (χ0) is 16.1. The van der Waals surface area contributed by atoms with Crippen LogP contribution in [0.4, 0.5) is 4.39 Å². The van der Waals surface area contributed by atoms with E-state index in [4.69, 9.17) is 0 Å². The predicted molar refractivity (Wildman–Crippen MR) is 90.9 cm³/mol. The highest BCUT2D eigenvalue weighted by molar-refractivity contribution is 5.32. The van der Waals surface area contributed by atoms with Crippen molar-refractivity contribution in [3.63, 3.8) is 0 Å². The lowest BCUT2D eigenvalue weighted by atomic mass is 10.0. The first-order valence-electron chi connectivity index (χ1n) is 8.69. The van der Waals surface area contributed by atoms with Crippen LogP contribution in [-0.4, -0.2) is 4.98 Å². The van der Waals surface area contributed by atoms with Crippen LogP contribution in [0.5, 0.6) is 0 Å². The van der Waals surface area contributed by atoms with Crippen molar-refractivity contribution in [2.75, 3.05) is 0 Å². The lowest BCUT2D eigenvalue weighted by Gasteiger charge is -2.04. The Morgan fingerprint density at radius 1 is 1.00 bits per heavy atom. The Hall–Kier alpha value is -1.70. The minimum absolute atomic E-state index is 0.0664. The van der Waals surface area contributed by atoms with E-state index < -0.39 is 0 Å². The third kappa shape index (κ3) is 2.69. The summed E-state index contributed by atoms with van der Waals surface area (Å²) >= 11 is 0. The summed E-state index contributed by atoms with van der Waals surface area (Å²) in [6, 6.07) is 10.0. The van der Waals surface area contributed by atoms with Crippen LogP contribution < -0.4 is 0 Å². The second kappa shape index (κ2) is 5.15. The minimum Gasteiger partial charge on any atom is -0.261 e. The largest absolute Gasteiger partial charge is 0.261 e. The normalized spacial score (nSPS) is 27.6. The van der Waals surface area contributed by atoms with Gasteiger partial charge in [0.2, 0.25) is 0 Å². The molecule has 2 heteroatoms. The molecule has 0 radical (unpaired) electrons. The van der Waals surface area contributed by atoms with Crippen LogP contribution in [0.2, 0.25) is 0 Å². The third-order valence-electron chi connectivity index (χ3n) is 6.19. The summed E-state index contributed by atoms with van der Waals surface area (Å²) in [5.41, 5.74) is 5.52. The van der Waals surface area contributed by atoms with Crippen LogP contribution in [0.25, 0.3) is 0 Å². The van der Waals surface area contributed by atoms with Gasteiger partial charge in [0, 0.05) is 11.9 Å². The monoisotopic (exact) mass is 309 g/mol. The van der Waals surface area contributed by atoms with Crippen LogP contribution in [0.15, 0.2) is 36.5 Å². The molecule has 0 aliphatic heterocycles. The Balaban J connectivity index is 1.29. The number of aryl methyl sites for hydroxylation is 4. The Kier molecular flexibility index (Phi) is 3.33. The first kappa shape index (κ1) is 14.9. The van der Waals surface area contributed by atoms with Crippen molar-refractivity contribution in [2.24, 2.45) is 10.8 Å². The van der Waals surface area contributed by atoms with Gasteiger partial charge >= 0.3 is 0 Å². The van der Waals surface area contributed by atoms with Gasteiger partial charge in [0.05, 0.1) is 0 Å². The standard InChI is InChI=1S/C21H24FN/c1-15-3-6-18(23-12-15)8-10-21-13-20(21,14-21)9-7-17-5-4-16(2)19(22)11-17/h3-6,11-12H,7-10,13-14H2,1-2H3. The maximum absolute atomic E-state index is 13.6. The van der Waals surface area contributed by atoms with Gasteiger partial charge in [0.1, 0.15) is 5.82 Å². The van der Waals surface area contributed by atoms with E-state index in [0.717, 1.165) is 24.0 Å². The molecule has 2 aliphatic rings. The Morgan fingerprint density at radius 2 is 1.74 bits per heavy atom. The van der Waals surface area contributed by atoms with Crippen molar-refractivity contribution in [3.8, 4) is 0 Å². The highest BCUT2D eigenvalue weighted by Gasteiger charge is 2.80. The summed E-state index contributed by atoms with van der Waals surface area (Å²) in [6.07, 6.45) is 9.32. The Morgan fingerprint density at radius 3 is 2.39 bits per heavy atom. The number of nitrogens with zero attached hydrogens (tertiary/aromatic N) is 1. The molecule has 120 valence electrons. The van der Waals surface area contributed by atoms with Crippen molar-refractivity contribution in [2.45, 2.75) is 52.4 Å². The third-order valence-corrected chi connectivity index (χ3v) is 6.19. The summed E-state index contributed by atoms with van der Waals surface area (Å²) in [4.78, 5) is 4.52. The van der Waals surface area contributed by atoms with Gasteiger partial charge in [-0.15, -0.1) is 0 Å². The van der Waals surface area contributed by atoms with E-state index >= 15 is 0 Å². The van der Waals surface area contributed by atoms with Crippen molar-refractivity contribution in [1.82, 2.24) is 4.98 Å². The average molecular weight is 309 g/mol. The van der Waals surface area contributed by atoms with Gasteiger partial charge in [0.25, 0.3) is 0 Å². The first-order chi connectivity index (χ1) is 11.0. The second-order valence-corrected chi connectivity index (χ2v) is 7.82. The van der Waals surface area contributed by atoms with Crippen molar-refractivity contribution in [1.29, 1.82) is 0 Å². The smallest absolute Gasteiger partial charge is 0.126 e. The maximum atomic E-state index is 13.6. The quantitative estimate of drug-likeness (QED) is 0.716. The minimum atomic E-state index is -0.0664. The van der Waals surface area contributed by atoms with Gasteiger partial charge in [0.15, 0.2) is 0 Å². The molecule has 0 bridgehead atoms. The molecule has 2 fully saturated rings. The van der Waals surface area contributed by atoms with E-state index in [1.54, 1.807) is 6.07 Å². The molecular weight excluding hydrogens is 285 g/mol. The first-order valence-corrected chi connectivity index (χ1v) is 8.69. The van der Waals surface area contributed by atoms with Crippen molar-refractivity contribution < 1.29 is 4.39 Å². The number of rotatable bonds is 6. The lowest BCUT2D eigenvalue weighted by molar-refractivity contribution is 0.568. The van der Waals surface area contributed by atoms with Gasteiger partial charge in [-0.3, -0.25) is 4.98 Å². The Bertz CT molecular complexity index is 726. The number of fused-ring (bicyclic) bond motifs is 1. The lowest BCUT2D eigenvalue weighted by Crippen LogP contribution is -1.95. The zero-order valence-electron chi connectivity index (χ0n) is 14.0. The molecule has 2 aromatic rings. The summed E-state index contributed by atoms with van der Waals surface area (Å²) in [5.74, 6) is -0.0664. The molecule has 0 saturated heterocycles. The maximum Gasteiger partial charge on any atom is 0.126 e. The van der Waals surface area contributed by atoms with E-state index in [-0.39, 0.29) is 5.82 Å². The van der Waals surface area contributed by atoms with E-state index in [0.29, 0.717) is 10.8 Å². The molecule has 4 rings (SSSR count). The van der Waals surface area contributed by atoms with Crippen LogP contribution in [0.1, 0.15) is 48.1 Å². The molecule has 0 N–H and O–H groups in total. The number of hydrogen-bond donors (Lipinski definition) is 0. The Labute approximate surface area is 138 Å².